The molecule has 0 aliphatic carbocycles. The van der Waals surface area contributed by atoms with Crippen LogP contribution in [0.2, 0.25) is 18.1 Å². The molecule has 0 spiro atoms. The highest BCUT2D eigenvalue weighted by Crippen LogP contribution is 2.39. The predicted octanol–water partition coefficient (Wildman–Crippen LogP) is 3.61. The number of rotatable bonds is 5. The molecule has 1 rings (SSSR count). The van der Waals surface area contributed by atoms with E-state index in [2.05, 4.69) is 26.0 Å². The Labute approximate surface area is 106 Å². The highest BCUT2D eigenvalue weighted by atomic mass is 28.4. The molecule has 0 aliphatic heterocycles. The first-order valence-electron chi connectivity index (χ1n) is 6.11. The van der Waals surface area contributed by atoms with Gasteiger partial charge < -0.3 is 9.53 Å². The Morgan fingerprint density at radius 3 is 2.47 bits per heavy atom. The summed E-state index contributed by atoms with van der Waals surface area (Å²) in [6.07, 6.45) is 2.00. The van der Waals surface area contributed by atoms with Gasteiger partial charge in [0.1, 0.15) is 5.75 Å². The Hall–Kier alpha value is -0.803. The van der Waals surface area contributed by atoms with Gasteiger partial charge in [0.2, 0.25) is 0 Å². The molecule has 0 atom stereocenters. The highest BCUT2D eigenvalue weighted by molar-refractivity contribution is 6.72. The molecule has 0 amide bonds. The average molecular weight is 252 g/mol. The van der Waals surface area contributed by atoms with Crippen LogP contribution in [0.15, 0.2) is 24.3 Å². The van der Waals surface area contributed by atoms with Crippen molar-refractivity contribution < 1.29 is 9.53 Å². The van der Waals surface area contributed by atoms with Crippen molar-refractivity contribution in [3.8, 4) is 5.75 Å². The minimum absolute atomic E-state index is 0.0378. The zero-order chi connectivity index (χ0) is 13.1. The molecule has 1 N–H and O–H groups in total. The summed E-state index contributed by atoms with van der Waals surface area (Å²) in [6, 6.07) is 8.16. The smallest absolute Gasteiger partial charge is 0.188 e. The van der Waals surface area contributed by atoms with Crippen molar-refractivity contribution in [1.82, 2.24) is 0 Å². The van der Waals surface area contributed by atoms with Crippen LogP contribution in [0.25, 0.3) is 0 Å². The van der Waals surface area contributed by atoms with Crippen LogP contribution in [-0.2, 0) is 6.42 Å². The van der Waals surface area contributed by atoms with Gasteiger partial charge in [0.25, 0.3) is 0 Å². The molecule has 0 fully saturated rings. The molecule has 0 aromatic heterocycles. The lowest BCUT2D eigenvalue weighted by Crippen LogP contribution is -2.39. The minimum atomic E-state index is -2.09. The van der Waals surface area contributed by atoms with E-state index in [-0.39, 0.29) is 5.04 Å². The average Bonchev–Trinajstić information content (AvgIpc) is 2.25. The lowest BCUT2D eigenvalue weighted by molar-refractivity contribution is 0.413. The van der Waals surface area contributed by atoms with Crippen LogP contribution >= 0.6 is 0 Å². The topological polar surface area (TPSA) is 29.5 Å². The van der Waals surface area contributed by atoms with Crippen LogP contribution in [0.1, 0.15) is 25.8 Å². The monoisotopic (exact) mass is 252 g/mol. The van der Waals surface area contributed by atoms with E-state index in [0.29, 0.717) is 0 Å². The van der Waals surface area contributed by atoms with Crippen molar-refractivity contribution in [2.45, 2.75) is 44.8 Å². The third-order valence-electron chi connectivity index (χ3n) is 3.83. The summed E-state index contributed by atoms with van der Waals surface area (Å²) in [7, 11) is -0.405. The standard InChI is InChI=1S/C14H24O2Si/c1-14(2,17(4,5)15)10-9-12-7-6-8-13(11-12)16-3/h6-8,11,15H,9-10H2,1-5H3. The van der Waals surface area contributed by atoms with Crippen molar-refractivity contribution in [1.29, 1.82) is 0 Å². The molecule has 0 bridgehead atoms. The second-order valence-electron chi connectivity index (χ2n) is 5.79. The first kappa shape index (κ1) is 14.3. The number of hydrogen-bond donors (Lipinski definition) is 1. The number of methoxy groups -OCH3 is 1. The van der Waals surface area contributed by atoms with Gasteiger partial charge in [-0.15, -0.1) is 0 Å². The third kappa shape index (κ3) is 3.86. The second-order valence-corrected chi connectivity index (χ2v) is 10.3. The van der Waals surface area contributed by atoms with Gasteiger partial charge in [-0.05, 0) is 48.7 Å². The van der Waals surface area contributed by atoms with Crippen LogP contribution in [0.3, 0.4) is 0 Å². The fourth-order valence-electron chi connectivity index (χ4n) is 1.59. The van der Waals surface area contributed by atoms with E-state index in [0.717, 1.165) is 18.6 Å². The fraction of sp³-hybridized carbons (Fsp3) is 0.571. The fourth-order valence-corrected chi connectivity index (χ4v) is 2.33. The number of ether oxygens (including phenoxy) is 1. The summed E-state index contributed by atoms with van der Waals surface area (Å²) in [5.74, 6) is 0.904. The normalized spacial score (nSPS) is 12.6. The van der Waals surface area contributed by atoms with Gasteiger partial charge in [-0.2, -0.15) is 0 Å². The quantitative estimate of drug-likeness (QED) is 0.811. The molecule has 2 nitrogen and oxygen atoms in total. The molecule has 1 aromatic carbocycles. The Bertz CT molecular complexity index is 367. The van der Waals surface area contributed by atoms with E-state index in [9.17, 15) is 4.80 Å². The zero-order valence-corrected chi connectivity index (χ0v) is 12.6. The lowest BCUT2D eigenvalue weighted by Gasteiger charge is -2.35. The molecular formula is C14H24O2Si. The van der Waals surface area contributed by atoms with Crippen molar-refractivity contribution in [2.24, 2.45) is 0 Å². The van der Waals surface area contributed by atoms with Gasteiger partial charge in [0.15, 0.2) is 8.32 Å². The molecule has 1 aromatic rings. The first-order valence-corrected chi connectivity index (χ1v) is 9.06. The molecule has 0 saturated heterocycles. The van der Waals surface area contributed by atoms with Crippen LogP contribution in [0, 0.1) is 0 Å². The lowest BCUT2D eigenvalue weighted by atomic mass is 10.0. The summed E-state index contributed by atoms with van der Waals surface area (Å²) < 4.78 is 5.21. The molecule has 96 valence electrons. The third-order valence-corrected chi connectivity index (χ3v) is 7.39. The van der Waals surface area contributed by atoms with E-state index in [4.69, 9.17) is 4.74 Å². The van der Waals surface area contributed by atoms with E-state index in [1.54, 1.807) is 7.11 Å². The van der Waals surface area contributed by atoms with Crippen LogP contribution < -0.4 is 4.74 Å². The number of aryl methyl sites for hydroxylation is 1. The maximum atomic E-state index is 10.2. The molecule has 0 heterocycles. The van der Waals surface area contributed by atoms with Gasteiger partial charge in [-0.1, -0.05) is 26.0 Å². The molecule has 0 saturated carbocycles. The number of hydrogen-bond acceptors (Lipinski definition) is 2. The van der Waals surface area contributed by atoms with E-state index < -0.39 is 8.32 Å². The summed E-state index contributed by atoms with van der Waals surface area (Å²) >= 11 is 0. The van der Waals surface area contributed by atoms with Crippen molar-refractivity contribution in [3.63, 3.8) is 0 Å². The molecule has 0 aliphatic rings. The largest absolute Gasteiger partial charge is 0.497 e. The van der Waals surface area contributed by atoms with Crippen LogP contribution in [0.4, 0.5) is 0 Å². The zero-order valence-electron chi connectivity index (χ0n) is 11.6. The first-order chi connectivity index (χ1) is 7.76. The Balaban J connectivity index is 2.67. The van der Waals surface area contributed by atoms with Crippen molar-refractivity contribution in [2.75, 3.05) is 7.11 Å². The summed E-state index contributed by atoms with van der Waals surface area (Å²) in [4.78, 5) is 10.2. The molecule has 17 heavy (non-hydrogen) atoms. The van der Waals surface area contributed by atoms with Gasteiger partial charge in [-0.3, -0.25) is 0 Å². The van der Waals surface area contributed by atoms with Crippen LogP contribution in [-0.4, -0.2) is 20.2 Å². The molecule has 3 heteroatoms. The van der Waals surface area contributed by atoms with E-state index in [1.807, 2.05) is 25.2 Å². The molecule has 0 radical (unpaired) electrons. The SMILES string of the molecule is COc1cccc(CCC(C)(C)[Si](C)(C)O)c1. The van der Waals surface area contributed by atoms with Crippen molar-refractivity contribution >= 4 is 8.32 Å². The van der Waals surface area contributed by atoms with Gasteiger partial charge in [-0.25, -0.2) is 0 Å². The Kier molecular flexibility index (Phi) is 4.39. The number of benzene rings is 1. The summed E-state index contributed by atoms with van der Waals surface area (Å²) in [5.41, 5.74) is 1.27. The Morgan fingerprint density at radius 1 is 1.29 bits per heavy atom. The maximum absolute atomic E-state index is 10.2. The highest BCUT2D eigenvalue weighted by Gasteiger charge is 2.37. The minimum Gasteiger partial charge on any atom is -0.497 e. The maximum Gasteiger partial charge on any atom is 0.188 e. The molecular weight excluding hydrogens is 228 g/mol. The predicted molar refractivity (Wildman–Crippen MR) is 75.1 cm³/mol. The van der Waals surface area contributed by atoms with Gasteiger partial charge in [0, 0.05) is 0 Å². The van der Waals surface area contributed by atoms with E-state index in [1.165, 1.54) is 5.56 Å². The molecule has 0 unspecified atom stereocenters. The van der Waals surface area contributed by atoms with Gasteiger partial charge >= 0.3 is 0 Å². The van der Waals surface area contributed by atoms with Gasteiger partial charge in [0.05, 0.1) is 7.11 Å². The summed E-state index contributed by atoms with van der Waals surface area (Å²) in [6.45, 7) is 8.36. The Morgan fingerprint density at radius 2 is 1.94 bits per heavy atom. The van der Waals surface area contributed by atoms with Crippen LogP contribution in [0.5, 0.6) is 5.75 Å². The van der Waals surface area contributed by atoms with E-state index >= 15 is 0 Å². The second kappa shape index (κ2) is 5.23. The van der Waals surface area contributed by atoms with Crippen molar-refractivity contribution in [3.05, 3.63) is 29.8 Å². The summed E-state index contributed by atoms with van der Waals surface area (Å²) in [5, 5.41) is 0.0378.